The third-order valence-corrected chi connectivity index (χ3v) is 5.63. The molecule has 0 bridgehead atoms. The summed E-state index contributed by atoms with van der Waals surface area (Å²) in [6.07, 6.45) is 3.27. The van der Waals surface area contributed by atoms with Crippen LogP contribution in [0, 0.1) is 5.82 Å². The Morgan fingerprint density at radius 3 is 2.37 bits per heavy atom. The summed E-state index contributed by atoms with van der Waals surface area (Å²) in [6, 6.07) is 0.964. The van der Waals surface area contributed by atoms with Crippen molar-refractivity contribution in [1.82, 2.24) is 9.29 Å². The second-order valence-corrected chi connectivity index (χ2v) is 6.42. The maximum atomic E-state index is 13.1. The van der Waals surface area contributed by atoms with Gasteiger partial charge in [0.05, 0.1) is 6.20 Å². The molecular formula is C12H20FN3O2S. The van der Waals surface area contributed by atoms with Gasteiger partial charge in [-0.15, -0.1) is 0 Å². The number of halogens is 1. The molecule has 0 saturated heterocycles. The van der Waals surface area contributed by atoms with Crippen molar-refractivity contribution < 1.29 is 12.8 Å². The molecule has 19 heavy (non-hydrogen) atoms. The maximum absolute atomic E-state index is 13.1. The number of sulfonamides is 1. The fourth-order valence-electron chi connectivity index (χ4n) is 2.06. The number of hydrogen-bond donors (Lipinski definition) is 1. The molecule has 0 spiro atoms. The van der Waals surface area contributed by atoms with Gasteiger partial charge in [0.1, 0.15) is 10.7 Å². The molecule has 1 aromatic rings. The van der Waals surface area contributed by atoms with Crippen molar-refractivity contribution in [1.29, 1.82) is 0 Å². The first-order valence-corrected chi connectivity index (χ1v) is 7.57. The van der Waals surface area contributed by atoms with E-state index in [9.17, 15) is 12.8 Å². The molecule has 7 heteroatoms. The van der Waals surface area contributed by atoms with Gasteiger partial charge in [0, 0.05) is 25.3 Å². The van der Waals surface area contributed by atoms with Crippen LogP contribution >= 0.6 is 0 Å². The van der Waals surface area contributed by atoms with Gasteiger partial charge in [-0.25, -0.2) is 12.8 Å². The van der Waals surface area contributed by atoms with Crippen molar-refractivity contribution >= 4 is 10.0 Å². The van der Waals surface area contributed by atoms with Gasteiger partial charge >= 0.3 is 0 Å². The minimum Gasteiger partial charge on any atom is -0.329 e. The molecule has 0 aliphatic carbocycles. The van der Waals surface area contributed by atoms with E-state index in [4.69, 9.17) is 5.73 Å². The first kappa shape index (κ1) is 16.0. The average molecular weight is 289 g/mol. The quantitative estimate of drug-likeness (QED) is 0.858. The number of hydrogen-bond acceptors (Lipinski definition) is 4. The van der Waals surface area contributed by atoms with Crippen molar-refractivity contribution in [3.05, 3.63) is 24.3 Å². The Labute approximate surface area is 113 Å². The van der Waals surface area contributed by atoms with Gasteiger partial charge in [0.25, 0.3) is 0 Å². The van der Waals surface area contributed by atoms with Crippen LogP contribution in [0.25, 0.3) is 0 Å². The van der Waals surface area contributed by atoms with Crippen LogP contribution in [0.3, 0.4) is 0 Å². The van der Waals surface area contributed by atoms with Gasteiger partial charge in [0.15, 0.2) is 0 Å². The van der Waals surface area contributed by atoms with Crippen LogP contribution in [-0.2, 0) is 10.0 Å². The molecule has 1 aromatic heterocycles. The molecule has 108 valence electrons. The van der Waals surface area contributed by atoms with Crippen LogP contribution in [-0.4, -0.2) is 36.8 Å². The predicted molar refractivity (Wildman–Crippen MR) is 71.5 cm³/mol. The van der Waals surface area contributed by atoms with Gasteiger partial charge in [0.2, 0.25) is 10.0 Å². The highest BCUT2D eigenvalue weighted by molar-refractivity contribution is 7.89. The summed E-state index contributed by atoms with van der Waals surface area (Å²) in [4.78, 5) is 3.42. The Morgan fingerprint density at radius 2 is 1.95 bits per heavy atom. The van der Waals surface area contributed by atoms with E-state index in [1.165, 1.54) is 11.4 Å². The van der Waals surface area contributed by atoms with Gasteiger partial charge in [-0.2, -0.15) is 4.31 Å². The fraction of sp³-hybridized carbons (Fsp3) is 0.583. The Bertz CT molecular complexity index is 521. The molecule has 0 aliphatic rings. The molecule has 0 aromatic carbocycles. The van der Waals surface area contributed by atoms with Crippen molar-refractivity contribution in [2.75, 3.05) is 13.6 Å². The van der Waals surface area contributed by atoms with Crippen LogP contribution in [0.1, 0.15) is 26.7 Å². The molecule has 0 aliphatic heterocycles. The second kappa shape index (κ2) is 5.94. The Hall–Kier alpha value is -1.05. The summed E-state index contributed by atoms with van der Waals surface area (Å²) in [7, 11) is -2.33. The third-order valence-electron chi connectivity index (χ3n) is 3.70. The molecular weight excluding hydrogens is 269 g/mol. The molecule has 1 heterocycles. The molecule has 0 unspecified atom stereocenters. The second-order valence-electron chi connectivity index (χ2n) is 4.45. The van der Waals surface area contributed by atoms with E-state index in [0.717, 1.165) is 18.5 Å². The van der Waals surface area contributed by atoms with Gasteiger partial charge in [-0.1, -0.05) is 13.8 Å². The van der Waals surface area contributed by atoms with E-state index in [1.54, 1.807) is 0 Å². The van der Waals surface area contributed by atoms with Crippen molar-refractivity contribution in [2.24, 2.45) is 5.73 Å². The number of pyridine rings is 1. The highest BCUT2D eigenvalue weighted by atomic mass is 32.2. The van der Waals surface area contributed by atoms with Crippen LogP contribution in [0.5, 0.6) is 0 Å². The normalized spacial score (nSPS) is 12.9. The first-order valence-electron chi connectivity index (χ1n) is 6.13. The number of nitrogens with two attached hydrogens (primary N) is 1. The zero-order valence-electron chi connectivity index (χ0n) is 11.4. The Kier molecular flexibility index (Phi) is 5.00. The lowest BCUT2D eigenvalue weighted by Gasteiger charge is -2.38. The SMILES string of the molecule is CCC(CC)(CN)N(C)S(=O)(=O)c1cncc(F)c1. The van der Waals surface area contributed by atoms with Crippen LogP contribution in [0.2, 0.25) is 0 Å². The minimum atomic E-state index is -3.80. The van der Waals surface area contributed by atoms with Crippen molar-refractivity contribution in [3.8, 4) is 0 Å². The molecule has 0 atom stereocenters. The van der Waals surface area contributed by atoms with E-state index in [2.05, 4.69) is 4.98 Å². The first-order chi connectivity index (χ1) is 8.84. The summed E-state index contributed by atoms with van der Waals surface area (Å²) in [6.45, 7) is 3.97. The standard InChI is InChI=1S/C12H20FN3O2S/c1-4-12(5-2,9-14)16(3)19(17,18)11-6-10(13)7-15-8-11/h6-8H,4-5,9,14H2,1-3H3. The lowest BCUT2D eigenvalue weighted by molar-refractivity contribution is 0.208. The summed E-state index contributed by atoms with van der Waals surface area (Å²) < 4.78 is 39.3. The topological polar surface area (TPSA) is 76.3 Å². The molecule has 0 radical (unpaired) electrons. The number of likely N-dealkylation sites (N-methyl/N-ethyl adjacent to an activating group) is 1. The number of aromatic nitrogens is 1. The van der Waals surface area contributed by atoms with E-state index >= 15 is 0 Å². The minimum absolute atomic E-state index is 0.158. The van der Waals surface area contributed by atoms with E-state index in [1.807, 2.05) is 13.8 Å². The maximum Gasteiger partial charge on any atom is 0.245 e. The highest BCUT2D eigenvalue weighted by Gasteiger charge is 2.38. The van der Waals surface area contributed by atoms with Gasteiger partial charge < -0.3 is 5.73 Å². The summed E-state index contributed by atoms with van der Waals surface area (Å²) in [5, 5.41) is 0. The van der Waals surface area contributed by atoms with Crippen LogP contribution in [0.15, 0.2) is 23.4 Å². The van der Waals surface area contributed by atoms with Gasteiger partial charge in [-0.05, 0) is 18.9 Å². The zero-order valence-corrected chi connectivity index (χ0v) is 12.2. The lowest BCUT2D eigenvalue weighted by Crippen LogP contribution is -2.53. The average Bonchev–Trinajstić information content (AvgIpc) is 2.41. The largest absolute Gasteiger partial charge is 0.329 e. The van der Waals surface area contributed by atoms with E-state index < -0.39 is 21.4 Å². The summed E-state index contributed by atoms with van der Waals surface area (Å²) >= 11 is 0. The summed E-state index contributed by atoms with van der Waals surface area (Å²) in [5.74, 6) is -0.680. The Balaban J connectivity index is 3.27. The molecule has 2 N–H and O–H groups in total. The van der Waals surface area contributed by atoms with E-state index in [0.29, 0.717) is 12.8 Å². The highest BCUT2D eigenvalue weighted by Crippen LogP contribution is 2.27. The predicted octanol–water partition coefficient (Wildman–Crippen LogP) is 1.36. The molecule has 5 nitrogen and oxygen atoms in total. The lowest BCUT2D eigenvalue weighted by atomic mass is 9.93. The van der Waals surface area contributed by atoms with Crippen molar-refractivity contribution in [2.45, 2.75) is 37.1 Å². The van der Waals surface area contributed by atoms with Crippen LogP contribution < -0.4 is 5.73 Å². The van der Waals surface area contributed by atoms with Gasteiger partial charge in [-0.3, -0.25) is 4.98 Å². The number of rotatable bonds is 6. The number of nitrogens with zero attached hydrogens (tertiary/aromatic N) is 2. The third kappa shape index (κ3) is 2.93. The van der Waals surface area contributed by atoms with Crippen molar-refractivity contribution in [3.63, 3.8) is 0 Å². The molecule has 0 fully saturated rings. The Morgan fingerprint density at radius 1 is 1.37 bits per heavy atom. The van der Waals surface area contributed by atoms with E-state index in [-0.39, 0.29) is 11.4 Å². The molecule has 0 saturated carbocycles. The molecule has 0 amide bonds. The smallest absolute Gasteiger partial charge is 0.245 e. The fourth-order valence-corrected chi connectivity index (χ4v) is 3.67. The summed E-state index contributed by atoms with van der Waals surface area (Å²) in [5.41, 5.74) is 5.08. The van der Waals surface area contributed by atoms with Crippen LogP contribution in [0.4, 0.5) is 4.39 Å². The monoisotopic (exact) mass is 289 g/mol. The zero-order chi connectivity index (χ0) is 14.7. The molecule has 1 rings (SSSR count).